The van der Waals surface area contributed by atoms with Crippen LogP contribution in [0.2, 0.25) is 0 Å². The smallest absolute Gasteiger partial charge is 0.241 e. The topological polar surface area (TPSA) is 106 Å². The highest BCUT2D eigenvalue weighted by Gasteiger charge is 2.33. The average molecular weight is 333 g/mol. The largest absolute Gasteiger partial charge is 0.327 e. The second-order valence-corrected chi connectivity index (χ2v) is 9.13. The van der Waals surface area contributed by atoms with E-state index >= 15 is 0 Å². The monoisotopic (exact) mass is 333 g/mol. The molecule has 0 amide bonds. The third kappa shape index (κ3) is 4.01. The van der Waals surface area contributed by atoms with Gasteiger partial charge in [-0.1, -0.05) is 6.07 Å². The molecule has 0 bridgehead atoms. The first kappa shape index (κ1) is 16.4. The summed E-state index contributed by atoms with van der Waals surface area (Å²) in [5.74, 6) is 0. The molecule has 7 nitrogen and oxygen atoms in total. The number of likely N-dealkylation sites (tertiary alicyclic amines) is 1. The number of nitrogens with zero attached hydrogens (tertiary/aromatic N) is 1. The van der Waals surface area contributed by atoms with Crippen molar-refractivity contribution in [1.82, 2.24) is 4.72 Å². The van der Waals surface area contributed by atoms with E-state index in [0.29, 0.717) is 6.54 Å². The minimum atomic E-state index is -3.98. The molecule has 0 aliphatic carbocycles. The Balaban J connectivity index is 2.25. The van der Waals surface area contributed by atoms with Gasteiger partial charge in [-0.2, -0.15) is 0 Å². The maximum Gasteiger partial charge on any atom is 0.241 e. The van der Waals surface area contributed by atoms with Gasteiger partial charge < -0.3 is 4.48 Å². The zero-order valence-electron chi connectivity index (χ0n) is 11.9. The Bertz CT molecular complexity index is 742. The average Bonchev–Trinajstić information content (AvgIpc) is 2.67. The molecule has 1 aliphatic heterocycles. The Morgan fingerprint density at radius 2 is 2.00 bits per heavy atom. The third-order valence-electron chi connectivity index (χ3n) is 3.48. The van der Waals surface area contributed by atoms with Gasteiger partial charge in [-0.25, -0.2) is 26.7 Å². The molecular weight excluding hydrogens is 314 g/mol. The molecule has 0 aromatic heterocycles. The van der Waals surface area contributed by atoms with Crippen LogP contribution in [0.1, 0.15) is 6.42 Å². The molecule has 2 rings (SSSR count). The van der Waals surface area contributed by atoms with Crippen molar-refractivity contribution in [2.24, 2.45) is 5.14 Å². The zero-order valence-corrected chi connectivity index (χ0v) is 13.5. The number of likely N-dealkylation sites (N-methyl/N-ethyl adjacent to an activating group) is 1. The van der Waals surface area contributed by atoms with Crippen molar-refractivity contribution in [3.63, 3.8) is 0 Å². The first-order chi connectivity index (χ1) is 9.50. The van der Waals surface area contributed by atoms with Gasteiger partial charge in [0.2, 0.25) is 20.0 Å². The lowest BCUT2D eigenvalue weighted by atomic mass is 10.3. The molecule has 1 unspecified atom stereocenters. The van der Waals surface area contributed by atoms with Crippen molar-refractivity contribution in [1.29, 1.82) is 0 Å². The molecule has 117 valence electrons. The second-order valence-electron chi connectivity index (χ2n) is 5.88. The maximum atomic E-state index is 12.3. The SMILES string of the molecule is C[N+]1(C)CCC(NS(=O)(=O)c2cc[c]c(S(N)(=O)=O)c2)C1. The predicted molar refractivity (Wildman–Crippen MR) is 77.2 cm³/mol. The molecule has 0 spiro atoms. The number of sulfonamides is 2. The van der Waals surface area contributed by atoms with Crippen molar-refractivity contribution < 1.29 is 21.3 Å². The fourth-order valence-corrected chi connectivity index (χ4v) is 4.31. The molecule has 1 aromatic carbocycles. The lowest BCUT2D eigenvalue weighted by molar-refractivity contribution is -0.878. The molecule has 1 radical (unpaired) electrons. The van der Waals surface area contributed by atoms with Crippen LogP contribution in [0, 0.1) is 6.07 Å². The zero-order chi connectivity index (χ0) is 15.9. The van der Waals surface area contributed by atoms with Gasteiger partial charge in [-0.3, -0.25) is 0 Å². The molecular formula is C12H19N3O4S2+. The molecule has 1 fully saturated rings. The van der Waals surface area contributed by atoms with Gasteiger partial charge in [-0.05, 0) is 12.1 Å². The summed E-state index contributed by atoms with van der Waals surface area (Å²) in [7, 11) is -3.69. The summed E-state index contributed by atoms with van der Waals surface area (Å²) in [4.78, 5) is -0.463. The van der Waals surface area contributed by atoms with Crippen molar-refractivity contribution in [3.05, 3.63) is 24.3 Å². The van der Waals surface area contributed by atoms with Crippen molar-refractivity contribution >= 4 is 20.0 Å². The van der Waals surface area contributed by atoms with Gasteiger partial charge in [0.1, 0.15) is 0 Å². The summed E-state index contributed by atoms with van der Waals surface area (Å²) in [5.41, 5.74) is 0. The van der Waals surface area contributed by atoms with E-state index in [1.54, 1.807) is 0 Å². The van der Waals surface area contributed by atoms with E-state index < -0.39 is 20.0 Å². The number of primary sulfonamides is 1. The molecule has 3 N–H and O–H groups in total. The Morgan fingerprint density at radius 3 is 2.52 bits per heavy atom. The highest BCUT2D eigenvalue weighted by molar-refractivity contribution is 7.90. The van der Waals surface area contributed by atoms with Crippen LogP contribution in [0.4, 0.5) is 0 Å². The summed E-state index contributed by atoms with van der Waals surface area (Å²) in [6, 6.07) is 5.82. The molecule has 1 aromatic rings. The van der Waals surface area contributed by atoms with Crippen LogP contribution in [0.15, 0.2) is 28.0 Å². The molecule has 1 saturated heterocycles. The highest BCUT2D eigenvalue weighted by atomic mass is 32.2. The molecule has 9 heteroatoms. The lowest BCUT2D eigenvalue weighted by Crippen LogP contribution is -2.42. The number of benzene rings is 1. The molecule has 1 aliphatic rings. The normalized spacial score (nSPS) is 22.3. The van der Waals surface area contributed by atoms with Crippen LogP contribution >= 0.6 is 0 Å². The molecule has 1 heterocycles. The Morgan fingerprint density at radius 1 is 1.33 bits per heavy atom. The summed E-state index contributed by atoms with van der Waals surface area (Å²) < 4.78 is 50.5. The van der Waals surface area contributed by atoms with E-state index in [1.807, 2.05) is 14.1 Å². The minimum absolute atomic E-state index is 0.123. The molecule has 0 saturated carbocycles. The van der Waals surface area contributed by atoms with Crippen molar-refractivity contribution in [2.45, 2.75) is 22.3 Å². The van der Waals surface area contributed by atoms with Crippen LogP contribution in [0.25, 0.3) is 0 Å². The fourth-order valence-electron chi connectivity index (χ4n) is 2.42. The number of nitrogens with one attached hydrogen (secondary N) is 1. The van der Waals surface area contributed by atoms with Gasteiger partial charge in [0.15, 0.2) is 0 Å². The van der Waals surface area contributed by atoms with E-state index in [1.165, 1.54) is 12.1 Å². The Labute approximate surface area is 125 Å². The summed E-state index contributed by atoms with van der Waals surface area (Å²) in [5, 5.41) is 4.99. The van der Waals surface area contributed by atoms with Crippen LogP contribution < -0.4 is 9.86 Å². The standard InChI is InChI=1S/C12H19N3O4S2/c1-15(2)7-6-10(9-15)14-21(18,19)12-5-3-4-11(8-12)20(13,16)17/h3,5,8,10,14H,6-7,9H2,1-2H3,(H2,13,16,17)/q+1. The summed E-state index contributed by atoms with van der Waals surface area (Å²) >= 11 is 0. The van der Waals surface area contributed by atoms with Crippen LogP contribution in [-0.4, -0.2) is 54.5 Å². The number of rotatable bonds is 4. The number of hydrogen-bond donors (Lipinski definition) is 2. The van der Waals surface area contributed by atoms with E-state index in [2.05, 4.69) is 10.8 Å². The van der Waals surface area contributed by atoms with E-state index in [9.17, 15) is 16.8 Å². The molecule has 1 atom stereocenters. The van der Waals surface area contributed by atoms with Gasteiger partial charge in [-0.15, -0.1) is 0 Å². The van der Waals surface area contributed by atoms with Crippen LogP contribution in [0.5, 0.6) is 0 Å². The first-order valence-corrected chi connectivity index (χ1v) is 9.41. The van der Waals surface area contributed by atoms with Gasteiger partial charge in [0.05, 0.1) is 43.0 Å². The van der Waals surface area contributed by atoms with Crippen LogP contribution in [-0.2, 0) is 20.0 Å². The maximum absolute atomic E-state index is 12.3. The van der Waals surface area contributed by atoms with Gasteiger partial charge in [0.25, 0.3) is 0 Å². The predicted octanol–water partition coefficient (Wildman–Crippen LogP) is -0.739. The fraction of sp³-hybridized carbons (Fsp3) is 0.500. The number of hydrogen-bond acceptors (Lipinski definition) is 4. The van der Waals surface area contributed by atoms with Crippen molar-refractivity contribution in [3.8, 4) is 0 Å². The van der Waals surface area contributed by atoms with Gasteiger partial charge in [0, 0.05) is 12.5 Å². The van der Waals surface area contributed by atoms with Crippen molar-refractivity contribution in [2.75, 3.05) is 27.2 Å². The Hall–Kier alpha value is -1.00. The Kier molecular flexibility index (Phi) is 4.15. The van der Waals surface area contributed by atoms with E-state index in [4.69, 9.17) is 5.14 Å². The third-order valence-corrected chi connectivity index (χ3v) is 5.85. The number of quaternary nitrogens is 1. The minimum Gasteiger partial charge on any atom is -0.327 e. The van der Waals surface area contributed by atoms with Gasteiger partial charge >= 0.3 is 0 Å². The summed E-state index contributed by atoms with van der Waals surface area (Å²) in [6.07, 6.45) is 0.743. The highest BCUT2D eigenvalue weighted by Crippen LogP contribution is 2.18. The van der Waals surface area contributed by atoms with E-state index in [-0.39, 0.29) is 15.8 Å². The first-order valence-electron chi connectivity index (χ1n) is 6.38. The van der Waals surface area contributed by atoms with Crippen LogP contribution in [0.3, 0.4) is 0 Å². The second kappa shape index (κ2) is 5.33. The van der Waals surface area contributed by atoms with E-state index in [0.717, 1.165) is 23.5 Å². The molecule has 21 heavy (non-hydrogen) atoms. The quantitative estimate of drug-likeness (QED) is 0.708. The number of nitrogens with two attached hydrogens (primary N) is 1. The lowest BCUT2D eigenvalue weighted by Gasteiger charge is -2.23. The summed E-state index contributed by atoms with van der Waals surface area (Å²) in [6.45, 7) is 1.58.